The van der Waals surface area contributed by atoms with Gasteiger partial charge in [0.15, 0.2) is 0 Å². The van der Waals surface area contributed by atoms with Crippen LogP contribution >= 0.6 is 0 Å². The number of likely N-dealkylation sites (tertiary alicyclic amines) is 1. The number of likely N-dealkylation sites (N-methyl/N-ethyl adjacent to an activating group) is 1. The topological polar surface area (TPSA) is 53.8 Å². The van der Waals surface area contributed by atoms with E-state index in [1.807, 2.05) is 38.2 Å². The van der Waals surface area contributed by atoms with Gasteiger partial charge in [-0.25, -0.2) is 0 Å². The van der Waals surface area contributed by atoms with E-state index in [-0.39, 0.29) is 5.91 Å². The number of benzene rings is 1. The molecule has 3 rings (SSSR count). The molecule has 0 N–H and O–H groups in total. The second-order valence-electron chi connectivity index (χ2n) is 8.45. The number of carbonyl (C=O) groups excluding carboxylic acids is 1. The van der Waals surface area contributed by atoms with Crippen LogP contribution in [0, 0.1) is 5.92 Å². The highest BCUT2D eigenvalue weighted by Crippen LogP contribution is 2.24. The Hall–Kier alpha value is -2.38. The predicted molar refractivity (Wildman–Crippen MR) is 119 cm³/mol. The average molecular weight is 414 g/mol. The van der Waals surface area contributed by atoms with Crippen LogP contribution < -0.4 is 4.74 Å². The highest BCUT2D eigenvalue weighted by Gasteiger charge is 2.26. The van der Waals surface area contributed by atoms with Crippen molar-refractivity contribution in [3.8, 4) is 5.75 Å². The van der Waals surface area contributed by atoms with Crippen LogP contribution in [0.3, 0.4) is 0 Å². The monoisotopic (exact) mass is 413 g/mol. The van der Waals surface area contributed by atoms with E-state index in [9.17, 15) is 4.79 Å². The molecule has 0 bridgehead atoms. The Kier molecular flexibility index (Phi) is 7.87. The summed E-state index contributed by atoms with van der Waals surface area (Å²) >= 11 is 0. The minimum Gasteiger partial charge on any atom is -0.496 e. The van der Waals surface area contributed by atoms with Crippen LogP contribution in [0.4, 0.5) is 0 Å². The van der Waals surface area contributed by atoms with E-state index in [1.165, 1.54) is 5.56 Å². The molecule has 7 heteroatoms. The quantitative estimate of drug-likeness (QED) is 0.632. The van der Waals surface area contributed by atoms with E-state index in [0.29, 0.717) is 11.6 Å². The third kappa shape index (κ3) is 5.83. The molecule has 164 valence electrons. The second-order valence-corrected chi connectivity index (χ2v) is 8.45. The lowest BCUT2D eigenvalue weighted by molar-refractivity contribution is 0.0649. The Morgan fingerprint density at radius 3 is 2.73 bits per heavy atom. The first kappa shape index (κ1) is 22.3. The van der Waals surface area contributed by atoms with Crippen LogP contribution in [-0.4, -0.2) is 84.3 Å². The summed E-state index contributed by atoms with van der Waals surface area (Å²) in [4.78, 5) is 19.8. The van der Waals surface area contributed by atoms with Crippen molar-refractivity contribution in [3.63, 3.8) is 0 Å². The summed E-state index contributed by atoms with van der Waals surface area (Å²) in [7, 11) is 7.64. The average Bonchev–Trinajstić information content (AvgIpc) is 3.17. The Bertz CT molecular complexity index is 819. The Morgan fingerprint density at radius 2 is 2.03 bits per heavy atom. The largest absolute Gasteiger partial charge is 0.496 e. The van der Waals surface area contributed by atoms with E-state index in [2.05, 4.69) is 27.0 Å². The molecule has 1 saturated heterocycles. The van der Waals surface area contributed by atoms with E-state index in [4.69, 9.17) is 4.74 Å². The molecule has 1 aromatic heterocycles. The number of ether oxygens (including phenoxy) is 1. The van der Waals surface area contributed by atoms with Gasteiger partial charge in [0.25, 0.3) is 5.91 Å². The fourth-order valence-corrected chi connectivity index (χ4v) is 4.17. The van der Waals surface area contributed by atoms with Gasteiger partial charge < -0.3 is 14.5 Å². The molecule has 0 radical (unpaired) electrons. The van der Waals surface area contributed by atoms with Gasteiger partial charge in [0.1, 0.15) is 11.4 Å². The molecule has 1 amide bonds. The van der Waals surface area contributed by atoms with Gasteiger partial charge >= 0.3 is 0 Å². The molecule has 7 nitrogen and oxygen atoms in total. The van der Waals surface area contributed by atoms with Crippen LogP contribution in [0.1, 0.15) is 28.9 Å². The van der Waals surface area contributed by atoms with Crippen molar-refractivity contribution >= 4 is 5.91 Å². The van der Waals surface area contributed by atoms with Crippen molar-refractivity contribution in [3.05, 3.63) is 47.8 Å². The smallest absolute Gasteiger partial charge is 0.272 e. The second kappa shape index (κ2) is 10.6. The van der Waals surface area contributed by atoms with Crippen LogP contribution in [0.15, 0.2) is 36.5 Å². The molecule has 1 atom stereocenters. The van der Waals surface area contributed by atoms with E-state index >= 15 is 0 Å². The normalized spacial score (nSPS) is 17.3. The minimum absolute atomic E-state index is 0.0682. The number of amides is 1. The number of methoxy groups -OCH3 is 1. The molecule has 0 aliphatic carbocycles. The van der Waals surface area contributed by atoms with Crippen molar-refractivity contribution < 1.29 is 9.53 Å². The standard InChI is InChI=1S/C23H35N5O2/c1-25(2)14-15-28(23(29)21-11-12-24-26(21)3)17-19-8-7-13-27(16-19)18-20-9-5-6-10-22(20)30-4/h5-6,9-12,19H,7-8,13-18H2,1-4H3/t19-/m1/s1. The molecule has 2 aromatic rings. The first-order valence-electron chi connectivity index (χ1n) is 10.7. The number of piperidine rings is 1. The molecular weight excluding hydrogens is 378 g/mol. The number of rotatable bonds is 9. The fourth-order valence-electron chi connectivity index (χ4n) is 4.17. The van der Waals surface area contributed by atoms with Crippen molar-refractivity contribution in [2.75, 3.05) is 53.9 Å². The van der Waals surface area contributed by atoms with Crippen LogP contribution in [0.2, 0.25) is 0 Å². The Balaban J connectivity index is 1.66. The zero-order chi connectivity index (χ0) is 21.5. The minimum atomic E-state index is 0.0682. The third-order valence-corrected chi connectivity index (χ3v) is 5.81. The molecule has 1 aromatic carbocycles. The van der Waals surface area contributed by atoms with Crippen molar-refractivity contribution in [2.24, 2.45) is 13.0 Å². The number of aromatic nitrogens is 2. The highest BCUT2D eigenvalue weighted by molar-refractivity contribution is 5.92. The molecule has 1 aliphatic rings. The summed E-state index contributed by atoms with van der Waals surface area (Å²) in [5.41, 5.74) is 1.87. The van der Waals surface area contributed by atoms with Crippen LogP contribution in [-0.2, 0) is 13.6 Å². The number of para-hydroxylation sites is 1. The van der Waals surface area contributed by atoms with Gasteiger partial charge in [0.05, 0.1) is 7.11 Å². The summed E-state index contributed by atoms with van der Waals surface area (Å²) in [5.74, 6) is 1.48. The lowest BCUT2D eigenvalue weighted by Gasteiger charge is -2.36. The number of carbonyl (C=O) groups is 1. The molecule has 1 aliphatic heterocycles. The molecule has 30 heavy (non-hydrogen) atoms. The first-order chi connectivity index (χ1) is 14.5. The molecule has 2 heterocycles. The van der Waals surface area contributed by atoms with Crippen molar-refractivity contribution in [1.82, 2.24) is 24.5 Å². The van der Waals surface area contributed by atoms with Gasteiger partial charge in [-0.15, -0.1) is 0 Å². The molecule has 0 saturated carbocycles. The summed E-state index contributed by atoms with van der Waals surface area (Å²) in [6.07, 6.45) is 3.99. The number of hydrogen-bond donors (Lipinski definition) is 0. The lowest BCUT2D eigenvalue weighted by Crippen LogP contribution is -2.45. The highest BCUT2D eigenvalue weighted by atomic mass is 16.5. The zero-order valence-corrected chi connectivity index (χ0v) is 18.8. The SMILES string of the molecule is COc1ccccc1CN1CCC[C@@H](CN(CCN(C)C)C(=O)c2ccnn2C)C1. The lowest BCUT2D eigenvalue weighted by atomic mass is 9.96. The maximum atomic E-state index is 13.2. The van der Waals surface area contributed by atoms with Gasteiger partial charge in [0, 0.05) is 51.5 Å². The summed E-state index contributed by atoms with van der Waals surface area (Å²) < 4.78 is 7.19. The summed E-state index contributed by atoms with van der Waals surface area (Å²) in [6, 6.07) is 10.0. The maximum absolute atomic E-state index is 13.2. The van der Waals surface area contributed by atoms with Gasteiger partial charge in [0.2, 0.25) is 0 Å². The fraction of sp³-hybridized carbons (Fsp3) is 0.565. The van der Waals surface area contributed by atoms with Gasteiger partial charge in [-0.1, -0.05) is 18.2 Å². The molecule has 0 unspecified atom stereocenters. The maximum Gasteiger partial charge on any atom is 0.272 e. The Labute approximate surface area is 180 Å². The predicted octanol–water partition coefficient (Wildman–Crippen LogP) is 2.34. The molecular formula is C23H35N5O2. The van der Waals surface area contributed by atoms with Crippen LogP contribution in [0.5, 0.6) is 5.75 Å². The number of hydrogen-bond acceptors (Lipinski definition) is 5. The molecule has 1 fully saturated rings. The number of nitrogens with zero attached hydrogens (tertiary/aromatic N) is 5. The number of aryl methyl sites for hydroxylation is 1. The van der Waals surface area contributed by atoms with Gasteiger partial charge in [-0.05, 0) is 51.5 Å². The van der Waals surface area contributed by atoms with Gasteiger partial charge in [-0.2, -0.15) is 5.10 Å². The zero-order valence-electron chi connectivity index (χ0n) is 18.8. The first-order valence-corrected chi connectivity index (χ1v) is 10.7. The molecule has 0 spiro atoms. The van der Waals surface area contributed by atoms with Crippen molar-refractivity contribution in [1.29, 1.82) is 0 Å². The van der Waals surface area contributed by atoms with Crippen LogP contribution in [0.25, 0.3) is 0 Å². The third-order valence-electron chi connectivity index (χ3n) is 5.81. The van der Waals surface area contributed by atoms with E-state index in [0.717, 1.165) is 57.9 Å². The van der Waals surface area contributed by atoms with E-state index < -0.39 is 0 Å². The van der Waals surface area contributed by atoms with E-state index in [1.54, 1.807) is 24.1 Å². The van der Waals surface area contributed by atoms with Crippen molar-refractivity contribution in [2.45, 2.75) is 19.4 Å². The summed E-state index contributed by atoms with van der Waals surface area (Å²) in [6.45, 7) is 5.31. The Morgan fingerprint density at radius 1 is 1.23 bits per heavy atom. The van der Waals surface area contributed by atoms with Gasteiger partial charge in [-0.3, -0.25) is 14.4 Å². The summed E-state index contributed by atoms with van der Waals surface area (Å²) in [5, 5.41) is 4.18.